The number of anilines is 1. The molecule has 1 aromatic heterocycles. The number of hydrogen-bond acceptors (Lipinski definition) is 6. The number of benzene rings is 1. The first-order chi connectivity index (χ1) is 11.1. The lowest BCUT2D eigenvalue weighted by Gasteiger charge is -2.38. The monoisotopic (exact) mass is 332 g/mol. The number of aromatic nitrogens is 2. The van der Waals surface area contributed by atoms with Gasteiger partial charge in [0, 0.05) is 32.2 Å². The van der Waals surface area contributed by atoms with Gasteiger partial charge in [0.2, 0.25) is 0 Å². The van der Waals surface area contributed by atoms with Crippen LogP contribution in [-0.4, -0.2) is 67.0 Å². The van der Waals surface area contributed by atoms with E-state index in [1.807, 2.05) is 30.5 Å². The summed E-state index contributed by atoms with van der Waals surface area (Å²) >= 11 is 0. The highest BCUT2D eigenvalue weighted by Crippen LogP contribution is 2.21. The highest BCUT2D eigenvalue weighted by Gasteiger charge is 2.33. The van der Waals surface area contributed by atoms with Gasteiger partial charge in [0.25, 0.3) is 0 Å². The number of rotatable bonds is 2. The summed E-state index contributed by atoms with van der Waals surface area (Å²) in [6, 6.07) is 8.07. The molecule has 0 amide bonds. The van der Waals surface area contributed by atoms with Crippen molar-refractivity contribution in [2.75, 3.05) is 42.6 Å². The Kier molecular flexibility index (Phi) is 3.69. The average molecular weight is 332 g/mol. The van der Waals surface area contributed by atoms with E-state index in [0.717, 1.165) is 49.5 Å². The van der Waals surface area contributed by atoms with Crippen molar-refractivity contribution in [2.45, 2.75) is 12.5 Å². The zero-order valence-electron chi connectivity index (χ0n) is 12.9. The third kappa shape index (κ3) is 3.03. The van der Waals surface area contributed by atoms with Crippen LogP contribution in [0.25, 0.3) is 11.0 Å². The largest absolute Gasteiger partial charge is 0.353 e. The van der Waals surface area contributed by atoms with Crippen molar-refractivity contribution in [1.82, 2.24) is 14.9 Å². The molecule has 122 valence electrons. The molecule has 23 heavy (non-hydrogen) atoms. The summed E-state index contributed by atoms with van der Waals surface area (Å²) in [6.45, 7) is 3.50. The highest BCUT2D eigenvalue weighted by molar-refractivity contribution is 7.91. The standard InChI is InChI=1S/C16H20N4O2S/c21-23(22)10-5-13(12-23)19-6-8-20(9-7-19)16-11-17-14-3-1-2-4-15(14)18-16/h1-4,11,13H,5-10,12H2/t13-/m1/s1. The van der Waals surface area contributed by atoms with Gasteiger partial charge in [0.15, 0.2) is 9.84 Å². The van der Waals surface area contributed by atoms with Crippen LogP contribution in [0.3, 0.4) is 0 Å². The van der Waals surface area contributed by atoms with Gasteiger partial charge < -0.3 is 4.90 Å². The molecule has 0 aliphatic carbocycles. The number of nitrogens with zero attached hydrogens (tertiary/aromatic N) is 4. The Balaban J connectivity index is 1.44. The van der Waals surface area contributed by atoms with Crippen molar-refractivity contribution in [1.29, 1.82) is 0 Å². The summed E-state index contributed by atoms with van der Waals surface area (Å²) in [5.74, 6) is 1.57. The number of piperazine rings is 1. The molecule has 2 fully saturated rings. The lowest BCUT2D eigenvalue weighted by molar-refractivity contribution is 0.200. The molecule has 2 aliphatic rings. The molecule has 0 N–H and O–H groups in total. The second-order valence-corrected chi connectivity index (χ2v) is 8.53. The molecular formula is C16H20N4O2S. The normalized spacial score (nSPS) is 25.0. The first-order valence-corrected chi connectivity index (χ1v) is 9.84. The lowest BCUT2D eigenvalue weighted by atomic mass is 10.2. The lowest BCUT2D eigenvalue weighted by Crippen LogP contribution is -2.51. The van der Waals surface area contributed by atoms with E-state index in [4.69, 9.17) is 4.98 Å². The smallest absolute Gasteiger partial charge is 0.151 e. The van der Waals surface area contributed by atoms with Crippen molar-refractivity contribution >= 4 is 26.7 Å². The van der Waals surface area contributed by atoms with E-state index in [-0.39, 0.29) is 6.04 Å². The summed E-state index contributed by atoms with van der Waals surface area (Å²) in [7, 11) is -2.81. The maximum atomic E-state index is 11.6. The molecule has 0 radical (unpaired) electrons. The summed E-state index contributed by atoms with van der Waals surface area (Å²) in [6.07, 6.45) is 2.61. The molecule has 0 spiro atoms. The highest BCUT2D eigenvalue weighted by atomic mass is 32.2. The first kappa shape index (κ1) is 14.8. The van der Waals surface area contributed by atoms with Gasteiger partial charge >= 0.3 is 0 Å². The predicted octanol–water partition coefficient (Wildman–Crippen LogP) is 0.939. The Morgan fingerprint density at radius 1 is 1.04 bits per heavy atom. The van der Waals surface area contributed by atoms with Crippen molar-refractivity contribution in [3.8, 4) is 0 Å². The quantitative estimate of drug-likeness (QED) is 0.815. The van der Waals surface area contributed by atoms with Crippen LogP contribution >= 0.6 is 0 Å². The van der Waals surface area contributed by atoms with Crippen LogP contribution < -0.4 is 4.90 Å². The van der Waals surface area contributed by atoms with Gasteiger partial charge in [0.1, 0.15) is 5.82 Å². The third-order valence-corrected chi connectivity index (χ3v) is 6.55. The van der Waals surface area contributed by atoms with E-state index in [0.29, 0.717) is 11.5 Å². The van der Waals surface area contributed by atoms with Gasteiger partial charge in [-0.15, -0.1) is 0 Å². The van der Waals surface area contributed by atoms with Crippen LogP contribution in [0.2, 0.25) is 0 Å². The van der Waals surface area contributed by atoms with Crippen LogP contribution in [0.4, 0.5) is 5.82 Å². The molecule has 0 unspecified atom stereocenters. The first-order valence-electron chi connectivity index (χ1n) is 8.02. The summed E-state index contributed by atoms with van der Waals surface area (Å²) in [5, 5.41) is 0. The molecule has 2 aliphatic heterocycles. The SMILES string of the molecule is O=S1(=O)CC[C@@H](N2CCN(c3cnc4ccccc4n3)CC2)C1. The minimum Gasteiger partial charge on any atom is -0.353 e. The molecule has 2 saturated heterocycles. The zero-order chi connectivity index (χ0) is 15.9. The van der Waals surface area contributed by atoms with Crippen LogP contribution in [0.15, 0.2) is 30.5 Å². The van der Waals surface area contributed by atoms with Crippen molar-refractivity contribution in [3.05, 3.63) is 30.5 Å². The van der Waals surface area contributed by atoms with Gasteiger partial charge in [-0.05, 0) is 18.6 Å². The van der Waals surface area contributed by atoms with E-state index >= 15 is 0 Å². The van der Waals surface area contributed by atoms with E-state index in [1.165, 1.54) is 0 Å². The van der Waals surface area contributed by atoms with Crippen LogP contribution in [-0.2, 0) is 9.84 Å². The molecule has 6 nitrogen and oxygen atoms in total. The van der Waals surface area contributed by atoms with Crippen LogP contribution in [0, 0.1) is 0 Å². The van der Waals surface area contributed by atoms with Crippen LogP contribution in [0.1, 0.15) is 6.42 Å². The molecule has 1 atom stereocenters. The van der Waals surface area contributed by atoms with Crippen molar-refractivity contribution in [2.24, 2.45) is 0 Å². The van der Waals surface area contributed by atoms with Gasteiger partial charge in [-0.3, -0.25) is 9.88 Å². The second-order valence-electron chi connectivity index (χ2n) is 6.30. The second kappa shape index (κ2) is 5.72. The molecule has 7 heteroatoms. The van der Waals surface area contributed by atoms with E-state index in [2.05, 4.69) is 14.8 Å². The number of sulfone groups is 1. The fourth-order valence-corrected chi connectivity index (χ4v) is 5.24. The van der Waals surface area contributed by atoms with Crippen molar-refractivity contribution in [3.63, 3.8) is 0 Å². The Labute approximate surface area is 136 Å². The van der Waals surface area contributed by atoms with Gasteiger partial charge in [-0.25, -0.2) is 13.4 Å². The van der Waals surface area contributed by atoms with E-state index < -0.39 is 9.84 Å². The number of fused-ring (bicyclic) bond motifs is 1. The summed E-state index contributed by atoms with van der Waals surface area (Å²) < 4.78 is 23.3. The zero-order valence-corrected chi connectivity index (χ0v) is 13.7. The minimum atomic E-state index is -2.81. The van der Waals surface area contributed by atoms with Gasteiger partial charge in [-0.1, -0.05) is 12.1 Å². The molecule has 4 rings (SSSR count). The topological polar surface area (TPSA) is 66.4 Å². The maximum Gasteiger partial charge on any atom is 0.151 e. The van der Waals surface area contributed by atoms with Gasteiger partial charge in [-0.2, -0.15) is 0 Å². The van der Waals surface area contributed by atoms with Crippen molar-refractivity contribution < 1.29 is 8.42 Å². The third-order valence-electron chi connectivity index (χ3n) is 4.80. The fourth-order valence-electron chi connectivity index (χ4n) is 3.48. The molecular weight excluding hydrogens is 312 g/mol. The Hall–Kier alpha value is -1.73. The van der Waals surface area contributed by atoms with Crippen LogP contribution in [0.5, 0.6) is 0 Å². The van der Waals surface area contributed by atoms with E-state index in [9.17, 15) is 8.42 Å². The molecule has 1 aromatic carbocycles. The summed E-state index contributed by atoms with van der Waals surface area (Å²) in [5.41, 5.74) is 1.82. The molecule has 0 bridgehead atoms. The Bertz CT molecular complexity index is 816. The Morgan fingerprint density at radius 2 is 1.78 bits per heavy atom. The molecule has 3 heterocycles. The average Bonchev–Trinajstić information content (AvgIpc) is 2.94. The predicted molar refractivity (Wildman–Crippen MR) is 90.4 cm³/mol. The number of hydrogen-bond donors (Lipinski definition) is 0. The molecule has 2 aromatic rings. The summed E-state index contributed by atoms with van der Waals surface area (Å²) in [4.78, 5) is 13.7. The van der Waals surface area contributed by atoms with E-state index in [1.54, 1.807) is 0 Å². The Morgan fingerprint density at radius 3 is 2.48 bits per heavy atom. The minimum absolute atomic E-state index is 0.199. The maximum absolute atomic E-state index is 11.6. The number of para-hydroxylation sites is 2. The molecule has 0 saturated carbocycles. The van der Waals surface area contributed by atoms with Gasteiger partial charge in [0.05, 0.1) is 28.7 Å². The fraction of sp³-hybridized carbons (Fsp3) is 0.500.